The molecule has 0 aliphatic rings. The SMILES string of the molecule is CCOC(=O)c1cc2c(OCC(OCC)OCC)c(Br)ccc2n1COCC[Si](C)(C)C. The van der Waals surface area contributed by atoms with Gasteiger partial charge in [0.15, 0.2) is 6.29 Å². The largest absolute Gasteiger partial charge is 0.486 e. The summed E-state index contributed by atoms with van der Waals surface area (Å²) < 4.78 is 31.2. The van der Waals surface area contributed by atoms with Gasteiger partial charge in [0.2, 0.25) is 0 Å². The van der Waals surface area contributed by atoms with Crippen molar-refractivity contribution in [3.63, 3.8) is 0 Å². The van der Waals surface area contributed by atoms with Gasteiger partial charge in [-0.3, -0.25) is 0 Å². The Balaban J connectivity index is 2.35. The normalized spacial score (nSPS) is 12.0. The molecule has 7 nitrogen and oxygen atoms in total. The van der Waals surface area contributed by atoms with Crippen LogP contribution < -0.4 is 4.74 Å². The van der Waals surface area contributed by atoms with Crippen molar-refractivity contribution in [2.75, 3.05) is 33.0 Å². The molecule has 180 valence electrons. The number of nitrogens with zero attached hydrogens (tertiary/aromatic N) is 1. The van der Waals surface area contributed by atoms with E-state index in [1.54, 1.807) is 13.0 Å². The smallest absolute Gasteiger partial charge is 0.355 e. The molecule has 0 fully saturated rings. The third-order valence-electron chi connectivity index (χ3n) is 4.76. The molecule has 0 spiro atoms. The van der Waals surface area contributed by atoms with Crippen LogP contribution in [-0.2, 0) is 25.7 Å². The molecule has 0 saturated heterocycles. The van der Waals surface area contributed by atoms with Gasteiger partial charge in [0, 0.05) is 33.3 Å². The Morgan fingerprint density at radius 2 is 1.78 bits per heavy atom. The van der Waals surface area contributed by atoms with Crippen LogP contribution in [0.25, 0.3) is 10.9 Å². The topological polar surface area (TPSA) is 68.2 Å². The third-order valence-corrected chi connectivity index (χ3v) is 7.09. The second-order valence-electron chi connectivity index (χ2n) is 8.49. The lowest BCUT2D eigenvalue weighted by atomic mass is 10.2. The van der Waals surface area contributed by atoms with Gasteiger partial charge in [-0.25, -0.2) is 4.79 Å². The third kappa shape index (κ3) is 7.59. The average Bonchev–Trinajstić information content (AvgIpc) is 3.09. The lowest BCUT2D eigenvalue weighted by Gasteiger charge is -2.19. The molecule has 0 atom stereocenters. The van der Waals surface area contributed by atoms with Gasteiger partial charge in [-0.2, -0.15) is 0 Å². The molecule has 0 aliphatic heterocycles. The van der Waals surface area contributed by atoms with Crippen molar-refractivity contribution in [1.29, 1.82) is 0 Å². The molecule has 0 amide bonds. The summed E-state index contributed by atoms with van der Waals surface area (Å²) >= 11 is 3.57. The molecule has 32 heavy (non-hydrogen) atoms. The summed E-state index contributed by atoms with van der Waals surface area (Å²) in [5.41, 5.74) is 1.27. The highest BCUT2D eigenvalue weighted by Gasteiger charge is 2.22. The first-order valence-electron chi connectivity index (χ1n) is 11.1. The quantitative estimate of drug-likeness (QED) is 0.136. The molecule has 0 saturated carbocycles. The fourth-order valence-corrected chi connectivity index (χ4v) is 4.36. The summed E-state index contributed by atoms with van der Waals surface area (Å²) in [6.45, 7) is 15.1. The van der Waals surface area contributed by atoms with Gasteiger partial charge in [0.25, 0.3) is 0 Å². The van der Waals surface area contributed by atoms with E-state index in [9.17, 15) is 4.79 Å². The number of aromatic nitrogens is 1. The highest BCUT2D eigenvalue weighted by Crippen LogP contribution is 2.36. The molecule has 0 bridgehead atoms. The number of hydrogen-bond acceptors (Lipinski definition) is 6. The number of fused-ring (bicyclic) bond motifs is 1. The molecule has 0 radical (unpaired) electrons. The van der Waals surface area contributed by atoms with Gasteiger partial charge in [-0.1, -0.05) is 19.6 Å². The summed E-state index contributed by atoms with van der Waals surface area (Å²) in [6, 6.07) is 6.70. The number of rotatable bonds is 14. The van der Waals surface area contributed by atoms with Gasteiger partial charge >= 0.3 is 5.97 Å². The van der Waals surface area contributed by atoms with Crippen molar-refractivity contribution in [2.45, 2.75) is 59.5 Å². The summed E-state index contributed by atoms with van der Waals surface area (Å²) in [5, 5.41) is 0.794. The van der Waals surface area contributed by atoms with E-state index in [0.29, 0.717) is 37.9 Å². The minimum atomic E-state index is -1.21. The molecule has 0 N–H and O–H groups in total. The van der Waals surface area contributed by atoms with Crippen molar-refractivity contribution in [1.82, 2.24) is 4.57 Å². The first-order valence-corrected chi connectivity index (χ1v) is 15.6. The van der Waals surface area contributed by atoms with E-state index in [2.05, 4.69) is 35.6 Å². The van der Waals surface area contributed by atoms with Crippen LogP contribution in [0.5, 0.6) is 5.75 Å². The molecule has 1 heterocycles. The van der Waals surface area contributed by atoms with Gasteiger partial charge in [-0.05, 0) is 60.9 Å². The first kappa shape index (κ1) is 26.9. The maximum atomic E-state index is 12.7. The van der Waals surface area contributed by atoms with Crippen molar-refractivity contribution >= 4 is 40.9 Å². The molecule has 1 aromatic heterocycles. The minimum absolute atomic E-state index is 0.228. The Morgan fingerprint density at radius 1 is 1.09 bits per heavy atom. The van der Waals surface area contributed by atoms with E-state index < -0.39 is 14.4 Å². The van der Waals surface area contributed by atoms with Crippen molar-refractivity contribution in [3.05, 3.63) is 28.4 Å². The van der Waals surface area contributed by atoms with Gasteiger partial charge in [0.1, 0.15) is 24.8 Å². The van der Waals surface area contributed by atoms with Crippen molar-refractivity contribution in [2.24, 2.45) is 0 Å². The molecule has 2 rings (SSSR count). The maximum Gasteiger partial charge on any atom is 0.355 e. The van der Waals surface area contributed by atoms with E-state index in [0.717, 1.165) is 21.4 Å². The Morgan fingerprint density at radius 3 is 2.38 bits per heavy atom. The average molecular weight is 531 g/mol. The second-order valence-corrected chi connectivity index (χ2v) is 15.0. The van der Waals surface area contributed by atoms with Gasteiger partial charge < -0.3 is 28.3 Å². The van der Waals surface area contributed by atoms with Crippen LogP contribution in [0.4, 0.5) is 0 Å². The molecule has 1 aromatic carbocycles. The monoisotopic (exact) mass is 529 g/mol. The summed E-state index contributed by atoms with van der Waals surface area (Å²) in [4.78, 5) is 12.7. The van der Waals surface area contributed by atoms with Gasteiger partial charge in [0.05, 0.1) is 16.6 Å². The fraction of sp³-hybridized carbons (Fsp3) is 0.609. The zero-order valence-electron chi connectivity index (χ0n) is 20.0. The number of benzene rings is 1. The van der Waals surface area contributed by atoms with Crippen LogP contribution in [0.3, 0.4) is 0 Å². The maximum absolute atomic E-state index is 12.7. The Kier molecular flexibility index (Phi) is 10.7. The van der Waals surface area contributed by atoms with E-state index in [-0.39, 0.29) is 19.3 Å². The lowest BCUT2D eigenvalue weighted by Crippen LogP contribution is -2.25. The Labute approximate surface area is 200 Å². The summed E-state index contributed by atoms with van der Waals surface area (Å²) in [7, 11) is -1.21. The van der Waals surface area contributed by atoms with Crippen LogP contribution in [0.15, 0.2) is 22.7 Å². The van der Waals surface area contributed by atoms with Crippen LogP contribution in [-0.4, -0.2) is 57.9 Å². The first-order chi connectivity index (χ1) is 15.2. The van der Waals surface area contributed by atoms with E-state index in [1.165, 1.54) is 0 Å². The standard InChI is InChI=1S/C23H36BrNO6Si/c1-7-28-21(29-8-2)15-31-22-17-14-20(23(26)30-9-3)25(19(17)11-10-18(22)24)16-27-12-13-32(4,5)6/h10-11,14,21H,7-9,12-13,15-16H2,1-6H3. The molecule has 0 unspecified atom stereocenters. The predicted octanol–water partition coefficient (Wildman–Crippen LogP) is 5.67. The van der Waals surface area contributed by atoms with E-state index in [1.807, 2.05) is 30.5 Å². The zero-order chi connectivity index (χ0) is 23.7. The molecule has 9 heteroatoms. The number of carbonyl (C=O) groups is 1. The predicted molar refractivity (Wildman–Crippen MR) is 132 cm³/mol. The number of carbonyl (C=O) groups excluding carboxylic acids is 1. The van der Waals surface area contributed by atoms with Gasteiger partial charge in [-0.15, -0.1) is 0 Å². The lowest BCUT2D eigenvalue weighted by molar-refractivity contribution is -0.152. The van der Waals surface area contributed by atoms with Crippen LogP contribution in [0, 0.1) is 0 Å². The van der Waals surface area contributed by atoms with Crippen LogP contribution >= 0.6 is 15.9 Å². The van der Waals surface area contributed by atoms with Crippen molar-refractivity contribution in [3.8, 4) is 5.75 Å². The highest BCUT2D eigenvalue weighted by atomic mass is 79.9. The highest BCUT2D eigenvalue weighted by molar-refractivity contribution is 9.10. The second kappa shape index (κ2) is 12.7. The Bertz CT molecular complexity index is 873. The molecular formula is C23H36BrNO6Si. The molecule has 0 aliphatic carbocycles. The Hall–Kier alpha value is -1.39. The van der Waals surface area contributed by atoms with Crippen molar-refractivity contribution < 1.29 is 28.5 Å². The molecule has 2 aromatic rings. The van der Waals surface area contributed by atoms with Crippen LogP contribution in [0.1, 0.15) is 31.3 Å². The summed E-state index contributed by atoms with van der Waals surface area (Å²) in [6.07, 6.45) is -0.469. The minimum Gasteiger partial charge on any atom is -0.486 e. The van der Waals surface area contributed by atoms with E-state index in [4.69, 9.17) is 23.7 Å². The fourth-order valence-electron chi connectivity index (χ4n) is 3.14. The number of halogens is 1. The number of esters is 1. The summed E-state index contributed by atoms with van der Waals surface area (Å²) in [5.74, 6) is 0.236. The number of ether oxygens (including phenoxy) is 5. The van der Waals surface area contributed by atoms with E-state index >= 15 is 0 Å². The van der Waals surface area contributed by atoms with Crippen LogP contribution in [0.2, 0.25) is 25.7 Å². The zero-order valence-corrected chi connectivity index (χ0v) is 22.6. The molecular weight excluding hydrogens is 494 g/mol. The number of hydrogen-bond donors (Lipinski definition) is 0.